The van der Waals surface area contributed by atoms with Crippen LogP contribution in [0.25, 0.3) is 0 Å². The van der Waals surface area contributed by atoms with Crippen LogP contribution in [0.4, 0.5) is 4.39 Å². The molecule has 26 heavy (non-hydrogen) atoms. The summed E-state index contributed by atoms with van der Waals surface area (Å²) in [7, 11) is -4.62. The minimum absolute atomic E-state index is 0.270. The van der Waals surface area contributed by atoms with Crippen molar-refractivity contribution in [1.82, 2.24) is 0 Å². The molecule has 0 saturated carbocycles. The lowest BCUT2D eigenvalue weighted by molar-refractivity contribution is 0.102. The number of aliphatic hydroxyl groups is 1. The predicted octanol–water partition coefficient (Wildman–Crippen LogP) is 2.33. The fourth-order valence-corrected chi connectivity index (χ4v) is 2.72. The Balaban J connectivity index is 2.37. The lowest BCUT2D eigenvalue weighted by Gasteiger charge is -2.27. The van der Waals surface area contributed by atoms with Crippen LogP contribution in [0.15, 0.2) is 24.3 Å². The van der Waals surface area contributed by atoms with Gasteiger partial charge in [0.2, 0.25) is 0 Å². The van der Waals surface area contributed by atoms with Gasteiger partial charge in [0, 0.05) is 0 Å². The van der Waals surface area contributed by atoms with Crippen LogP contribution in [0.5, 0.6) is 5.75 Å². The fraction of sp³-hybridized carbons (Fsp3) is 0.647. The molecule has 0 amide bonds. The first-order valence-electron chi connectivity index (χ1n) is 8.65. The lowest BCUT2D eigenvalue weighted by atomic mass is 9.94. The Morgan fingerprint density at radius 1 is 1.12 bits per heavy atom. The van der Waals surface area contributed by atoms with Crippen LogP contribution in [0.2, 0.25) is 0 Å². The van der Waals surface area contributed by atoms with E-state index in [1.807, 2.05) is 24.3 Å². The zero-order valence-corrected chi connectivity index (χ0v) is 15.7. The van der Waals surface area contributed by atoms with Crippen LogP contribution in [0.3, 0.4) is 0 Å². The van der Waals surface area contributed by atoms with Gasteiger partial charge in [0.1, 0.15) is 5.75 Å². The summed E-state index contributed by atoms with van der Waals surface area (Å²) in [6, 6.07) is 7.42. The summed E-state index contributed by atoms with van der Waals surface area (Å²) in [6.07, 6.45) is 4.12. The van der Waals surface area contributed by atoms with E-state index in [4.69, 9.17) is 20.3 Å². The largest absolute Gasteiger partial charge is 0.494 e. The molecule has 9 heteroatoms. The van der Waals surface area contributed by atoms with Crippen molar-refractivity contribution in [2.75, 3.05) is 26.5 Å². The number of halogens is 1. The topological polar surface area (TPSA) is 122 Å². The van der Waals surface area contributed by atoms with Crippen LogP contribution >= 0.6 is 7.82 Å². The quantitative estimate of drug-likeness (QED) is 0.283. The molecular weight excluding hydrogens is 364 g/mol. The number of phosphoric acid groups is 1. The number of ether oxygens (including phenoxy) is 1. The number of benzene rings is 1. The molecule has 0 spiro atoms. The first-order chi connectivity index (χ1) is 12.3. The van der Waals surface area contributed by atoms with E-state index >= 15 is 0 Å². The van der Waals surface area contributed by atoms with Gasteiger partial charge in [-0.2, -0.15) is 0 Å². The molecule has 150 valence electrons. The zero-order valence-electron chi connectivity index (χ0n) is 14.8. The monoisotopic (exact) mass is 393 g/mol. The summed E-state index contributed by atoms with van der Waals surface area (Å²) < 4.78 is 32.8. The number of alkyl halides is 1. The first kappa shape index (κ1) is 23.0. The highest BCUT2D eigenvalue weighted by molar-refractivity contribution is 7.46. The van der Waals surface area contributed by atoms with Gasteiger partial charge < -0.3 is 25.4 Å². The molecule has 1 aromatic carbocycles. The second-order valence-corrected chi connectivity index (χ2v) is 7.62. The molecule has 0 aliphatic carbocycles. The molecule has 7 nitrogen and oxygen atoms in total. The number of aryl methyl sites for hydroxylation is 1. The highest BCUT2D eigenvalue weighted by Gasteiger charge is 2.28. The van der Waals surface area contributed by atoms with Gasteiger partial charge in [0.15, 0.2) is 0 Å². The van der Waals surface area contributed by atoms with E-state index in [9.17, 15) is 14.1 Å². The molecule has 0 aliphatic heterocycles. The maximum Gasteiger partial charge on any atom is 0.469 e. The smallest absolute Gasteiger partial charge is 0.469 e. The molecule has 1 aromatic rings. The normalized spacial score (nSPS) is 14.2. The number of rotatable bonds is 14. The minimum Gasteiger partial charge on any atom is -0.494 e. The molecule has 0 heterocycles. The zero-order chi connectivity index (χ0) is 19.5. The van der Waals surface area contributed by atoms with E-state index in [2.05, 4.69) is 4.52 Å². The SMILES string of the molecule is N[C@](CO)(CCc1ccc(OCCCCCCF)cc1)COP(=O)(O)O. The third-order valence-electron chi connectivity index (χ3n) is 3.97. The average molecular weight is 393 g/mol. The van der Waals surface area contributed by atoms with Crippen molar-refractivity contribution >= 4 is 7.82 Å². The van der Waals surface area contributed by atoms with E-state index in [-0.39, 0.29) is 6.67 Å². The highest BCUT2D eigenvalue weighted by Crippen LogP contribution is 2.36. The Kier molecular flexibility index (Phi) is 10.3. The van der Waals surface area contributed by atoms with Crippen molar-refractivity contribution in [3.8, 4) is 5.75 Å². The molecule has 0 saturated heterocycles. The van der Waals surface area contributed by atoms with Crippen LogP contribution in [-0.2, 0) is 15.5 Å². The Hall–Kier alpha value is -1.02. The molecule has 0 aromatic heterocycles. The van der Waals surface area contributed by atoms with Crippen molar-refractivity contribution in [2.45, 2.75) is 44.1 Å². The van der Waals surface area contributed by atoms with E-state index < -0.39 is 26.6 Å². The van der Waals surface area contributed by atoms with Crippen LogP contribution < -0.4 is 10.5 Å². The maximum absolute atomic E-state index is 12.0. The van der Waals surface area contributed by atoms with Gasteiger partial charge in [-0.1, -0.05) is 18.6 Å². The first-order valence-corrected chi connectivity index (χ1v) is 10.2. The third kappa shape index (κ3) is 10.2. The average Bonchev–Trinajstić information content (AvgIpc) is 2.61. The number of hydrogen-bond acceptors (Lipinski definition) is 5. The molecule has 1 rings (SSSR count). The highest BCUT2D eigenvalue weighted by atomic mass is 31.2. The molecule has 5 N–H and O–H groups in total. The van der Waals surface area contributed by atoms with Gasteiger partial charge in [-0.15, -0.1) is 0 Å². The molecule has 0 unspecified atom stereocenters. The number of aliphatic hydroxyl groups excluding tert-OH is 1. The summed E-state index contributed by atoms with van der Waals surface area (Å²) >= 11 is 0. The van der Waals surface area contributed by atoms with E-state index in [0.29, 0.717) is 25.9 Å². The number of unbranched alkanes of at least 4 members (excludes halogenated alkanes) is 3. The van der Waals surface area contributed by atoms with Crippen LogP contribution in [-0.4, -0.2) is 46.9 Å². The van der Waals surface area contributed by atoms with Gasteiger partial charge in [-0.25, -0.2) is 4.57 Å². The predicted molar refractivity (Wildman–Crippen MR) is 96.7 cm³/mol. The fourth-order valence-electron chi connectivity index (χ4n) is 2.30. The summed E-state index contributed by atoms with van der Waals surface area (Å²) in [5, 5.41) is 9.38. The standard InChI is InChI=1S/C17H29FNO6P/c18-11-3-1-2-4-12-24-16-7-5-15(6-8-16)9-10-17(19,13-20)14-25-26(21,22)23/h5-8,20H,1-4,9-14,19H2,(H2,21,22,23)/t17-/m0/s1. The van der Waals surface area contributed by atoms with Crippen LogP contribution in [0.1, 0.15) is 37.7 Å². The second-order valence-electron chi connectivity index (χ2n) is 6.38. The number of nitrogens with two attached hydrogens (primary N) is 1. The Morgan fingerprint density at radius 2 is 1.77 bits per heavy atom. The minimum atomic E-state index is -4.62. The van der Waals surface area contributed by atoms with Gasteiger partial charge in [0.05, 0.1) is 32.0 Å². The van der Waals surface area contributed by atoms with Crippen molar-refractivity contribution in [3.05, 3.63) is 29.8 Å². The molecule has 1 atom stereocenters. The van der Waals surface area contributed by atoms with Crippen molar-refractivity contribution in [3.63, 3.8) is 0 Å². The molecule has 0 aliphatic rings. The second kappa shape index (κ2) is 11.6. The Bertz CT molecular complexity index is 553. The van der Waals surface area contributed by atoms with Crippen molar-refractivity contribution in [1.29, 1.82) is 0 Å². The molecule has 0 fully saturated rings. The molecule has 0 radical (unpaired) electrons. The summed E-state index contributed by atoms with van der Waals surface area (Å²) in [5.74, 6) is 0.741. The third-order valence-corrected chi connectivity index (χ3v) is 4.43. The van der Waals surface area contributed by atoms with Gasteiger partial charge in [-0.05, 0) is 49.8 Å². The maximum atomic E-state index is 12.0. The van der Waals surface area contributed by atoms with Gasteiger partial charge in [0.25, 0.3) is 0 Å². The van der Waals surface area contributed by atoms with E-state index in [1.165, 1.54) is 0 Å². The number of hydrogen-bond donors (Lipinski definition) is 4. The van der Waals surface area contributed by atoms with Crippen molar-refractivity contribution in [2.24, 2.45) is 5.73 Å². The van der Waals surface area contributed by atoms with E-state index in [0.717, 1.165) is 30.6 Å². The Morgan fingerprint density at radius 3 is 2.35 bits per heavy atom. The van der Waals surface area contributed by atoms with Gasteiger partial charge >= 0.3 is 7.82 Å². The van der Waals surface area contributed by atoms with E-state index in [1.54, 1.807) is 0 Å². The summed E-state index contributed by atoms with van der Waals surface area (Å²) in [5.41, 5.74) is 5.66. The number of phosphoric ester groups is 1. The van der Waals surface area contributed by atoms with Crippen molar-refractivity contribution < 1.29 is 33.1 Å². The summed E-state index contributed by atoms with van der Waals surface area (Å²) in [6.45, 7) is -0.566. The molecule has 0 bridgehead atoms. The summed E-state index contributed by atoms with van der Waals surface area (Å²) in [4.78, 5) is 17.5. The lowest BCUT2D eigenvalue weighted by Crippen LogP contribution is -2.48. The Labute approximate surface area is 153 Å². The molecular formula is C17H29FNO6P. The van der Waals surface area contributed by atoms with Crippen LogP contribution in [0, 0.1) is 0 Å². The van der Waals surface area contributed by atoms with Gasteiger partial charge in [-0.3, -0.25) is 8.91 Å².